The number of aromatic nitrogens is 3. The molecule has 1 saturated heterocycles. The Labute approximate surface area is 205 Å². The first-order valence-electron chi connectivity index (χ1n) is 12.5. The van der Waals surface area contributed by atoms with E-state index in [0.717, 1.165) is 72.7 Å². The van der Waals surface area contributed by atoms with E-state index in [2.05, 4.69) is 14.8 Å². The summed E-state index contributed by atoms with van der Waals surface area (Å²) in [5.41, 5.74) is 3.93. The molecule has 4 heterocycles. The Morgan fingerprint density at radius 1 is 0.886 bits per heavy atom. The number of rotatable bonds is 6. The van der Waals surface area contributed by atoms with Gasteiger partial charge in [-0.25, -0.2) is 14.1 Å². The third-order valence-electron chi connectivity index (χ3n) is 7.38. The predicted octanol–water partition coefficient (Wildman–Crippen LogP) is 5.39. The molecule has 35 heavy (non-hydrogen) atoms. The van der Waals surface area contributed by atoms with Gasteiger partial charge < -0.3 is 4.42 Å². The molecule has 1 aliphatic heterocycles. The first-order valence-corrected chi connectivity index (χ1v) is 12.5. The summed E-state index contributed by atoms with van der Waals surface area (Å²) in [5, 5.41) is 4.71. The average Bonchev–Trinajstić information content (AvgIpc) is 3.67. The standard InChI is InChI=1S/C28H30FN5O/c29-24-10-7-21(8-11-24)22-9-12-27(30-18-22)34-28(26-6-3-17-35-26)23(19-31-34)20-32-13-15-33(16-14-32)25-4-1-2-5-25/h3,6-12,17-19,25H,1-2,4-5,13-16,20H2. The molecule has 0 bridgehead atoms. The first-order chi connectivity index (χ1) is 17.2. The summed E-state index contributed by atoms with van der Waals surface area (Å²) in [7, 11) is 0. The van der Waals surface area contributed by atoms with Crippen LogP contribution in [0.25, 0.3) is 28.4 Å². The van der Waals surface area contributed by atoms with Gasteiger partial charge >= 0.3 is 0 Å². The number of halogens is 1. The van der Waals surface area contributed by atoms with Crippen molar-refractivity contribution < 1.29 is 8.81 Å². The van der Waals surface area contributed by atoms with Gasteiger partial charge in [0.1, 0.15) is 11.5 Å². The monoisotopic (exact) mass is 471 g/mol. The number of piperazine rings is 1. The maximum Gasteiger partial charge on any atom is 0.154 e. The van der Waals surface area contributed by atoms with Crippen molar-refractivity contribution in [1.82, 2.24) is 24.6 Å². The van der Waals surface area contributed by atoms with E-state index in [1.54, 1.807) is 24.6 Å². The summed E-state index contributed by atoms with van der Waals surface area (Å²) in [4.78, 5) is 9.88. The molecule has 0 unspecified atom stereocenters. The van der Waals surface area contributed by atoms with Crippen molar-refractivity contribution in [2.45, 2.75) is 38.3 Å². The van der Waals surface area contributed by atoms with Crippen LogP contribution in [0.3, 0.4) is 0 Å². The molecule has 1 aromatic carbocycles. The normalized spacial score (nSPS) is 17.9. The second kappa shape index (κ2) is 9.76. The van der Waals surface area contributed by atoms with Crippen molar-refractivity contribution in [2.24, 2.45) is 0 Å². The van der Waals surface area contributed by atoms with Crippen molar-refractivity contribution in [3.8, 4) is 28.4 Å². The van der Waals surface area contributed by atoms with Crippen LogP contribution < -0.4 is 0 Å². The molecule has 0 N–H and O–H groups in total. The zero-order valence-corrected chi connectivity index (χ0v) is 19.8. The maximum absolute atomic E-state index is 13.3. The summed E-state index contributed by atoms with van der Waals surface area (Å²) in [5.74, 6) is 1.26. The zero-order chi connectivity index (χ0) is 23.6. The molecule has 2 aliphatic rings. The smallest absolute Gasteiger partial charge is 0.154 e. The molecule has 1 saturated carbocycles. The van der Waals surface area contributed by atoms with E-state index >= 15 is 0 Å². The van der Waals surface area contributed by atoms with Gasteiger partial charge in [-0.3, -0.25) is 9.80 Å². The highest BCUT2D eigenvalue weighted by atomic mass is 19.1. The average molecular weight is 472 g/mol. The van der Waals surface area contributed by atoms with Gasteiger partial charge in [0, 0.05) is 56.1 Å². The number of pyridine rings is 1. The van der Waals surface area contributed by atoms with Crippen LogP contribution in [0.4, 0.5) is 4.39 Å². The summed E-state index contributed by atoms with van der Waals surface area (Å²) >= 11 is 0. The summed E-state index contributed by atoms with van der Waals surface area (Å²) in [6, 6.07) is 15.1. The number of hydrogen-bond acceptors (Lipinski definition) is 5. The highest BCUT2D eigenvalue weighted by Gasteiger charge is 2.27. The Balaban J connectivity index is 1.23. The van der Waals surface area contributed by atoms with Crippen molar-refractivity contribution in [3.05, 3.63) is 78.6 Å². The van der Waals surface area contributed by atoms with Crippen LogP contribution in [0.15, 0.2) is 71.6 Å². The van der Waals surface area contributed by atoms with E-state index in [9.17, 15) is 4.39 Å². The third-order valence-corrected chi connectivity index (χ3v) is 7.38. The fourth-order valence-electron chi connectivity index (χ4n) is 5.47. The van der Waals surface area contributed by atoms with Crippen LogP contribution in [0, 0.1) is 5.82 Å². The van der Waals surface area contributed by atoms with Crippen LogP contribution in [-0.4, -0.2) is 56.8 Å². The van der Waals surface area contributed by atoms with E-state index in [0.29, 0.717) is 0 Å². The van der Waals surface area contributed by atoms with Crippen LogP contribution in [0.2, 0.25) is 0 Å². The molecule has 4 aromatic rings. The molecular formula is C28H30FN5O. The van der Waals surface area contributed by atoms with E-state index in [1.807, 2.05) is 35.1 Å². The SMILES string of the molecule is Fc1ccc(-c2ccc(-n3ncc(CN4CCN(C5CCCC5)CC4)c3-c3ccco3)nc2)cc1. The summed E-state index contributed by atoms with van der Waals surface area (Å²) in [6.07, 6.45) is 10.9. The van der Waals surface area contributed by atoms with Crippen LogP contribution >= 0.6 is 0 Å². The Morgan fingerprint density at radius 3 is 2.34 bits per heavy atom. The fourth-order valence-corrected chi connectivity index (χ4v) is 5.47. The Kier molecular flexibility index (Phi) is 6.19. The van der Waals surface area contributed by atoms with Gasteiger partial charge in [0.05, 0.1) is 12.5 Å². The molecule has 6 nitrogen and oxygen atoms in total. The molecule has 1 aliphatic carbocycles. The van der Waals surface area contributed by atoms with Gasteiger partial charge in [0.2, 0.25) is 0 Å². The molecule has 2 fully saturated rings. The topological polar surface area (TPSA) is 50.3 Å². The van der Waals surface area contributed by atoms with Crippen molar-refractivity contribution in [3.63, 3.8) is 0 Å². The van der Waals surface area contributed by atoms with Gasteiger partial charge in [-0.05, 0) is 54.8 Å². The highest BCUT2D eigenvalue weighted by molar-refractivity contribution is 5.64. The van der Waals surface area contributed by atoms with Gasteiger partial charge in [-0.2, -0.15) is 5.10 Å². The minimum Gasteiger partial charge on any atom is -0.463 e. The van der Waals surface area contributed by atoms with Gasteiger partial charge in [0.15, 0.2) is 11.6 Å². The fraction of sp³-hybridized carbons (Fsp3) is 0.357. The number of furan rings is 1. The van der Waals surface area contributed by atoms with E-state index < -0.39 is 0 Å². The highest BCUT2D eigenvalue weighted by Crippen LogP contribution is 2.30. The number of benzene rings is 1. The quantitative estimate of drug-likeness (QED) is 0.377. The zero-order valence-electron chi connectivity index (χ0n) is 19.8. The minimum absolute atomic E-state index is 0.245. The van der Waals surface area contributed by atoms with E-state index in [1.165, 1.54) is 37.8 Å². The van der Waals surface area contributed by atoms with Gasteiger partial charge in [-0.1, -0.05) is 25.0 Å². The molecule has 7 heteroatoms. The lowest BCUT2D eigenvalue weighted by molar-refractivity contribution is 0.0938. The molecule has 0 amide bonds. The molecular weight excluding hydrogens is 441 g/mol. The van der Waals surface area contributed by atoms with Crippen LogP contribution in [-0.2, 0) is 6.54 Å². The van der Waals surface area contributed by atoms with Crippen LogP contribution in [0.5, 0.6) is 0 Å². The Bertz CT molecular complexity index is 1240. The second-order valence-corrected chi connectivity index (χ2v) is 9.57. The van der Waals surface area contributed by atoms with E-state index in [-0.39, 0.29) is 5.82 Å². The number of nitrogens with zero attached hydrogens (tertiary/aromatic N) is 5. The van der Waals surface area contributed by atoms with E-state index in [4.69, 9.17) is 9.52 Å². The summed E-state index contributed by atoms with van der Waals surface area (Å²) < 4.78 is 21.0. The lowest BCUT2D eigenvalue weighted by Crippen LogP contribution is -2.49. The van der Waals surface area contributed by atoms with Crippen molar-refractivity contribution in [1.29, 1.82) is 0 Å². The number of hydrogen-bond donors (Lipinski definition) is 0. The molecule has 6 rings (SSSR count). The van der Waals surface area contributed by atoms with Crippen molar-refractivity contribution >= 4 is 0 Å². The Hall–Kier alpha value is -3.29. The molecule has 0 atom stereocenters. The third kappa shape index (κ3) is 4.66. The lowest BCUT2D eigenvalue weighted by atomic mass is 10.1. The summed E-state index contributed by atoms with van der Waals surface area (Å²) in [6.45, 7) is 5.26. The Morgan fingerprint density at radius 2 is 1.66 bits per heavy atom. The molecule has 180 valence electrons. The van der Waals surface area contributed by atoms with Crippen molar-refractivity contribution in [2.75, 3.05) is 26.2 Å². The largest absolute Gasteiger partial charge is 0.463 e. The van der Waals surface area contributed by atoms with Crippen LogP contribution in [0.1, 0.15) is 31.2 Å². The second-order valence-electron chi connectivity index (χ2n) is 9.57. The molecule has 0 spiro atoms. The van der Waals surface area contributed by atoms with Gasteiger partial charge in [0.25, 0.3) is 0 Å². The lowest BCUT2D eigenvalue weighted by Gasteiger charge is -2.38. The molecule has 3 aromatic heterocycles. The maximum atomic E-state index is 13.3. The predicted molar refractivity (Wildman–Crippen MR) is 134 cm³/mol. The van der Waals surface area contributed by atoms with Gasteiger partial charge in [-0.15, -0.1) is 0 Å². The minimum atomic E-state index is -0.245. The molecule has 0 radical (unpaired) electrons. The first kappa shape index (κ1) is 22.2.